The molecule has 0 spiro atoms. The topological polar surface area (TPSA) is 46.3 Å². The second-order valence-corrected chi connectivity index (χ2v) is 4.83. The van der Waals surface area contributed by atoms with E-state index in [1.807, 2.05) is 6.92 Å². The summed E-state index contributed by atoms with van der Waals surface area (Å²) < 4.78 is 12.8. The van der Waals surface area contributed by atoms with Crippen molar-refractivity contribution in [1.82, 2.24) is 0 Å². The van der Waals surface area contributed by atoms with Crippen LogP contribution in [0.4, 0.5) is 10.1 Å². The molecule has 1 atom stereocenters. The maximum atomic E-state index is 12.8. The van der Waals surface area contributed by atoms with Gasteiger partial charge in [-0.1, -0.05) is 19.1 Å². The largest absolute Gasteiger partial charge is 0.392 e. The van der Waals surface area contributed by atoms with Crippen molar-refractivity contribution in [3.8, 4) is 0 Å². The van der Waals surface area contributed by atoms with E-state index >= 15 is 0 Å². The molecule has 0 aromatic heterocycles. The van der Waals surface area contributed by atoms with Gasteiger partial charge in [-0.2, -0.15) is 0 Å². The molecule has 1 rings (SSSR count). The molecule has 0 aliphatic heterocycles. The van der Waals surface area contributed by atoms with Crippen molar-refractivity contribution in [2.24, 2.45) is 11.1 Å². The molecule has 18 heavy (non-hydrogen) atoms. The number of thiocarbonyl (C=S) groups is 1. The lowest BCUT2D eigenvalue weighted by Gasteiger charge is -2.30. The molecule has 0 saturated heterocycles. The fourth-order valence-electron chi connectivity index (χ4n) is 1.58. The van der Waals surface area contributed by atoms with Gasteiger partial charge in [0, 0.05) is 12.7 Å². The molecule has 2 N–H and O–H groups in total. The first-order valence-electron chi connectivity index (χ1n) is 5.66. The summed E-state index contributed by atoms with van der Waals surface area (Å²) in [5.74, 6) is -0.531. The van der Waals surface area contributed by atoms with E-state index in [0.29, 0.717) is 12.1 Å². The number of benzene rings is 1. The molecule has 0 aliphatic carbocycles. The Hall–Kier alpha value is -1.49. The molecular formula is C13H17FN2OS. The maximum Gasteiger partial charge on any atom is 0.239 e. The van der Waals surface area contributed by atoms with Crippen LogP contribution in [0.25, 0.3) is 0 Å². The molecule has 3 nitrogen and oxygen atoms in total. The Kier molecular flexibility index (Phi) is 4.40. The minimum absolute atomic E-state index is 0.170. The van der Waals surface area contributed by atoms with Gasteiger partial charge in [-0.25, -0.2) is 4.39 Å². The molecule has 5 heteroatoms. The highest BCUT2D eigenvalue weighted by molar-refractivity contribution is 7.80. The van der Waals surface area contributed by atoms with Crippen LogP contribution in [0.2, 0.25) is 0 Å². The number of rotatable bonds is 4. The normalized spacial score (nSPS) is 13.8. The van der Waals surface area contributed by atoms with Crippen LogP contribution >= 0.6 is 12.2 Å². The second-order valence-electron chi connectivity index (χ2n) is 4.39. The number of amides is 1. The molecule has 1 aromatic carbocycles. The monoisotopic (exact) mass is 268 g/mol. The molecule has 0 aliphatic rings. The zero-order chi connectivity index (χ0) is 13.9. The molecule has 0 saturated carbocycles. The van der Waals surface area contributed by atoms with Gasteiger partial charge >= 0.3 is 0 Å². The van der Waals surface area contributed by atoms with E-state index in [1.54, 1.807) is 26.1 Å². The molecule has 1 aromatic rings. The van der Waals surface area contributed by atoms with Gasteiger partial charge in [0.2, 0.25) is 5.91 Å². The van der Waals surface area contributed by atoms with Gasteiger partial charge in [-0.05, 0) is 37.6 Å². The van der Waals surface area contributed by atoms with Crippen molar-refractivity contribution in [2.75, 3.05) is 11.9 Å². The SMILES string of the molecule is CCC(C)(C(=O)N(C)c1ccc(F)cc1)C(N)=S. The summed E-state index contributed by atoms with van der Waals surface area (Å²) in [5.41, 5.74) is 5.38. The number of carbonyl (C=O) groups is 1. The third-order valence-electron chi connectivity index (χ3n) is 3.24. The number of halogens is 1. The Bertz CT molecular complexity index is 461. The zero-order valence-electron chi connectivity index (χ0n) is 10.7. The Morgan fingerprint density at radius 1 is 1.44 bits per heavy atom. The van der Waals surface area contributed by atoms with Crippen LogP contribution < -0.4 is 10.6 Å². The minimum atomic E-state index is -0.877. The smallest absolute Gasteiger partial charge is 0.239 e. The molecule has 98 valence electrons. The van der Waals surface area contributed by atoms with Crippen molar-refractivity contribution in [3.63, 3.8) is 0 Å². The first-order valence-corrected chi connectivity index (χ1v) is 6.07. The van der Waals surface area contributed by atoms with E-state index in [4.69, 9.17) is 18.0 Å². The first kappa shape index (κ1) is 14.6. The lowest BCUT2D eigenvalue weighted by atomic mass is 9.86. The summed E-state index contributed by atoms with van der Waals surface area (Å²) in [6.07, 6.45) is 0.521. The summed E-state index contributed by atoms with van der Waals surface area (Å²) in [5, 5.41) is 0. The lowest BCUT2D eigenvalue weighted by molar-refractivity contribution is -0.124. The molecule has 1 unspecified atom stereocenters. The third kappa shape index (κ3) is 2.67. The van der Waals surface area contributed by atoms with E-state index in [2.05, 4.69) is 0 Å². The Labute approximate surface area is 112 Å². The highest BCUT2D eigenvalue weighted by Crippen LogP contribution is 2.27. The standard InChI is InChI=1S/C13H17FN2OS/c1-4-13(2,11(15)18)12(17)16(3)10-7-5-9(14)6-8-10/h5-8H,4H2,1-3H3,(H2,15,18). The molecule has 0 heterocycles. The van der Waals surface area contributed by atoms with Crippen molar-refractivity contribution in [3.05, 3.63) is 30.1 Å². The predicted molar refractivity (Wildman–Crippen MR) is 75.0 cm³/mol. The van der Waals surface area contributed by atoms with Gasteiger partial charge in [0.1, 0.15) is 5.82 Å². The van der Waals surface area contributed by atoms with Crippen LogP contribution in [0.1, 0.15) is 20.3 Å². The molecule has 1 amide bonds. The van der Waals surface area contributed by atoms with Gasteiger partial charge in [0.25, 0.3) is 0 Å². The van der Waals surface area contributed by atoms with Crippen LogP contribution in [-0.2, 0) is 4.79 Å². The van der Waals surface area contributed by atoms with Gasteiger partial charge in [0.05, 0.1) is 10.4 Å². The van der Waals surface area contributed by atoms with Gasteiger partial charge in [-0.15, -0.1) is 0 Å². The van der Waals surface area contributed by atoms with Gasteiger partial charge in [-0.3, -0.25) is 4.79 Å². The number of hydrogen-bond acceptors (Lipinski definition) is 2. The number of carbonyl (C=O) groups excluding carboxylic acids is 1. The maximum absolute atomic E-state index is 12.8. The van der Waals surface area contributed by atoms with Crippen molar-refractivity contribution in [2.45, 2.75) is 20.3 Å². The summed E-state index contributed by atoms with van der Waals surface area (Å²) in [7, 11) is 1.63. The first-order chi connectivity index (χ1) is 8.32. The Balaban J connectivity index is 3.03. The third-order valence-corrected chi connectivity index (χ3v) is 3.69. The highest BCUT2D eigenvalue weighted by atomic mass is 32.1. The second kappa shape index (κ2) is 5.44. The average Bonchev–Trinajstić information content (AvgIpc) is 2.36. The fraction of sp³-hybridized carbons (Fsp3) is 0.385. The lowest BCUT2D eigenvalue weighted by Crippen LogP contribution is -2.47. The number of hydrogen-bond donors (Lipinski definition) is 1. The average molecular weight is 268 g/mol. The van der Waals surface area contributed by atoms with Crippen molar-refractivity contribution >= 4 is 28.8 Å². The van der Waals surface area contributed by atoms with Crippen molar-refractivity contribution in [1.29, 1.82) is 0 Å². The Morgan fingerprint density at radius 3 is 2.33 bits per heavy atom. The Morgan fingerprint density at radius 2 is 1.94 bits per heavy atom. The van der Waals surface area contributed by atoms with Crippen LogP contribution in [0, 0.1) is 11.2 Å². The van der Waals surface area contributed by atoms with E-state index < -0.39 is 5.41 Å². The fourth-order valence-corrected chi connectivity index (χ4v) is 1.81. The molecular weight excluding hydrogens is 251 g/mol. The predicted octanol–water partition coefficient (Wildman–Crippen LogP) is 2.49. The van der Waals surface area contributed by atoms with Crippen molar-refractivity contribution < 1.29 is 9.18 Å². The molecule has 0 fully saturated rings. The summed E-state index contributed by atoms with van der Waals surface area (Å²) in [6, 6.07) is 5.71. The number of nitrogens with zero attached hydrogens (tertiary/aromatic N) is 1. The van der Waals surface area contributed by atoms with Crippen LogP contribution in [0.5, 0.6) is 0 Å². The summed E-state index contributed by atoms with van der Waals surface area (Å²) in [4.78, 5) is 14.0. The van der Waals surface area contributed by atoms with Crippen LogP contribution in [0.15, 0.2) is 24.3 Å². The van der Waals surface area contributed by atoms with Crippen LogP contribution in [-0.4, -0.2) is 17.9 Å². The van der Waals surface area contributed by atoms with E-state index in [0.717, 1.165) is 0 Å². The summed E-state index contributed by atoms with van der Waals surface area (Å²) in [6.45, 7) is 3.58. The van der Waals surface area contributed by atoms with Gasteiger partial charge in [0.15, 0.2) is 0 Å². The summed E-state index contributed by atoms with van der Waals surface area (Å²) >= 11 is 4.97. The minimum Gasteiger partial charge on any atom is -0.392 e. The zero-order valence-corrected chi connectivity index (χ0v) is 11.6. The van der Waals surface area contributed by atoms with E-state index in [9.17, 15) is 9.18 Å². The molecule has 0 radical (unpaired) electrons. The highest BCUT2D eigenvalue weighted by Gasteiger charge is 2.37. The van der Waals surface area contributed by atoms with E-state index in [1.165, 1.54) is 17.0 Å². The van der Waals surface area contributed by atoms with Gasteiger partial charge < -0.3 is 10.6 Å². The van der Waals surface area contributed by atoms with E-state index in [-0.39, 0.29) is 16.7 Å². The van der Waals surface area contributed by atoms with Crippen LogP contribution in [0.3, 0.4) is 0 Å². The number of anilines is 1. The quantitative estimate of drug-likeness (QED) is 0.853. The number of nitrogens with two attached hydrogens (primary N) is 1. The molecule has 0 bridgehead atoms.